The molecule has 0 saturated carbocycles. The molecule has 0 aliphatic rings. The third-order valence-corrected chi connectivity index (χ3v) is 3.43. The first-order valence-corrected chi connectivity index (χ1v) is 7.00. The Bertz CT molecular complexity index is 582. The quantitative estimate of drug-likeness (QED) is 0.781. The normalized spacial score (nSPS) is 10.1. The largest absolute Gasteiger partial charge is 0.496 e. The van der Waals surface area contributed by atoms with Gasteiger partial charge in [0.05, 0.1) is 18.0 Å². The maximum Gasteiger partial charge on any atom is 0.310 e. The van der Waals surface area contributed by atoms with Crippen LogP contribution in [0.1, 0.15) is 11.1 Å². The molecule has 3 nitrogen and oxygen atoms in total. The number of methoxy groups -OCH3 is 1. The molecule has 2 rings (SSSR count). The van der Waals surface area contributed by atoms with Crippen molar-refractivity contribution < 1.29 is 14.3 Å². The summed E-state index contributed by atoms with van der Waals surface area (Å²) in [4.78, 5) is 11.7. The number of halogens is 1. The van der Waals surface area contributed by atoms with Crippen LogP contribution in [0.15, 0.2) is 53.0 Å². The average molecular weight is 335 g/mol. The molecule has 0 N–H and O–H groups in total. The topological polar surface area (TPSA) is 35.5 Å². The zero-order chi connectivity index (χ0) is 14.4. The molecule has 2 aromatic rings. The third-order valence-electron chi connectivity index (χ3n) is 2.81. The van der Waals surface area contributed by atoms with Gasteiger partial charge in [0.15, 0.2) is 0 Å². The fourth-order valence-electron chi connectivity index (χ4n) is 1.78. The highest BCUT2D eigenvalue weighted by molar-refractivity contribution is 9.10. The van der Waals surface area contributed by atoms with Gasteiger partial charge in [0, 0.05) is 0 Å². The van der Waals surface area contributed by atoms with Crippen molar-refractivity contribution >= 4 is 21.9 Å². The van der Waals surface area contributed by atoms with Crippen LogP contribution in [0.25, 0.3) is 0 Å². The minimum Gasteiger partial charge on any atom is -0.496 e. The lowest BCUT2D eigenvalue weighted by atomic mass is 10.1. The fraction of sp³-hybridized carbons (Fsp3) is 0.188. The zero-order valence-corrected chi connectivity index (χ0v) is 12.7. The molecular formula is C16H15BrO3. The summed E-state index contributed by atoms with van der Waals surface area (Å²) in [6.45, 7) is 0.258. The highest BCUT2D eigenvalue weighted by Crippen LogP contribution is 2.25. The lowest BCUT2D eigenvalue weighted by molar-refractivity contribution is -0.144. The van der Waals surface area contributed by atoms with Gasteiger partial charge < -0.3 is 9.47 Å². The lowest BCUT2D eigenvalue weighted by Crippen LogP contribution is -2.07. The maximum absolute atomic E-state index is 11.7. The van der Waals surface area contributed by atoms with E-state index in [1.54, 1.807) is 7.11 Å². The SMILES string of the molecule is COc1ccc(COC(=O)Cc2ccccc2)cc1Br. The number of benzene rings is 2. The number of esters is 1. The van der Waals surface area contributed by atoms with Crippen molar-refractivity contribution in [3.63, 3.8) is 0 Å². The van der Waals surface area contributed by atoms with Gasteiger partial charge in [0.2, 0.25) is 0 Å². The summed E-state index contributed by atoms with van der Waals surface area (Å²) in [5.41, 5.74) is 1.87. The van der Waals surface area contributed by atoms with Crippen LogP contribution in [0.2, 0.25) is 0 Å². The van der Waals surface area contributed by atoms with Gasteiger partial charge in [-0.1, -0.05) is 36.4 Å². The molecule has 0 bridgehead atoms. The summed E-state index contributed by atoms with van der Waals surface area (Å²) < 4.78 is 11.3. The van der Waals surface area contributed by atoms with Gasteiger partial charge in [-0.05, 0) is 39.2 Å². The number of rotatable bonds is 5. The molecule has 0 heterocycles. The number of carbonyl (C=O) groups excluding carboxylic acids is 1. The number of hydrogen-bond donors (Lipinski definition) is 0. The van der Waals surface area contributed by atoms with Gasteiger partial charge in [-0.3, -0.25) is 4.79 Å². The van der Waals surface area contributed by atoms with Crippen LogP contribution < -0.4 is 4.74 Å². The van der Waals surface area contributed by atoms with Gasteiger partial charge in [-0.2, -0.15) is 0 Å². The zero-order valence-electron chi connectivity index (χ0n) is 11.1. The van der Waals surface area contributed by atoms with Crippen molar-refractivity contribution in [3.05, 3.63) is 64.1 Å². The molecule has 0 aliphatic heterocycles. The monoisotopic (exact) mass is 334 g/mol. The summed E-state index contributed by atoms with van der Waals surface area (Å²) in [7, 11) is 1.61. The smallest absolute Gasteiger partial charge is 0.310 e. The first-order chi connectivity index (χ1) is 9.69. The Hall–Kier alpha value is -1.81. The highest BCUT2D eigenvalue weighted by atomic mass is 79.9. The van der Waals surface area contributed by atoms with Gasteiger partial charge in [-0.25, -0.2) is 0 Å². The van der Waals surface area contributed by atoms with Gasteiger partial charge >= 0.3 is 5.97 Å². The van der Waals surface area contributed by atoms with Gasteiger partial charge in [0.1, 0.15) is 12.4 Å². The van der Waals surface area contributed by atoms with Crippen molar-refractivity contribution in [2.45, 2.75) is 13.0 Å². The summed E-state index contributed by atoms with van der Waals surface area (Å²) in [6, 6.07) is 15.1. The lowest BCUT2D eigenvalue weighted by Gasteiger charge is -2.08. The first kappa shape index (κ1) is 14.6. The molecule has 2 aromatic carbocycles. The predicted molar refractivity (Wildman–Crippen MR) is 80.6 cm³/mol. The molecule has 0 aliphatic carbocycles. The van der Waals surface area contributed by atoms with Gasteiger partial charge in [-0.15, -0.1) is 0 Å². The number of hydrogen-bond acceptors (Lipinski definition) is 3. The molecule has 20 heavy (non-hydrogen) atoms. The first-order valence-electron chi connectivity index (χ1n) is 6.21. The molecular weight excluding hydrogens is 320 g/mol. The van der Waals surface area contributed by atoms with E-state index in [0.717, 1.165) is 21.3 Å². The van der Waals surface area contributed by atoms with E-state index >= 15 is 0 Å². The van der Waals surface area contributed by atoms with E-state index in [9.17, 15) is 4.79 Å². The number of ether oxygens (including phenoxy) is 2. The predicted octanol–water partition coefficient (Wildman–Crippen LogP) is 3.74. The Morgan fingerprint density at radius 2 is 1.85 bits per heavy atom. The van der Waals surface area contributed by atoms with Crippen LogP contribution in [0, 0.1) is 0 Å². The van der Waals surface area contributed by atoms with E-state index in [1.165, 1.54) is 0 Å². The van der Waals surface area contributed by atoms with Crippen molar-refractivity contribution in [3.8, 4) is 5.75 Å². The van der Waals surface area contributed by atoms with Crippen LogP contribution in [0.3, 0.4) is 0 Å². The number of carbonyl (C=O) groups is 1. The van der Waals surface area contributed by atoms with E-state index < -0.39 is 0 Å². The molecule has 4 heteroatoms. The molecule has 0 saturated heterocycles. The summed E-state index contributed by atoms with van der Waals surface area (Å²) in [6.07, 6.45) is 0.290. The molecule has 0 atom stereocenters. The van der Waals surface area contributed by atoms with Gasteiger partial charge in [0.25, 0.3) is 0 Å². The molecule has 0 spiro atoms. The minimum absolute atomic E-state index is 0.233. The Kier molecular flexibility index (Phi) is 5.18. The van der Waals surface area contributed by atoms with Crippen LogP contribution in [0.5, 0.6) is 5.75 Å². The molecule has 0 amide bonds. The van der Waals surface area contributed by atoms with Crippen molar-refractivity contribution in [1.29, 1.82) is 0 Å². The van der Waals surface area contributed by atoms with Crippen LogP contribution in [-0.4, -0.2) is 13.1 Å². The molecule has 0 aromatic heterocycles. The Morgan fingerprint density at radius 1 is 1.10 bits per heavy atom. The van der Waals surface area contributed by atoms with Crippen LogP contribution >= 0.6 is 15.9 Å². The Balaban J connectivity index is 1.89. The third kappa shape index (κ3) is 4.10. The Labute approximate surface area is 126 Å². The van der Waals surface area contributed by atoms with E-state index in [1.807, 2.05) is 48.5 Å². The van der Waals surface area contributed by atoms with Crippen molar-refractivity contribution in [2.75, 3.05) is 7.11 Å². The summed E-state index contributed by atoms with van der Waals surface area (Å²) in [5.74, 6) is 0.521. The standard InChI is InChI=1S/C16H15BrO3/c1-19-15-8-7-13(9-14(15)17)11-20-16(18)10-12-5-3-2-4-6-12/h2-9H,10-11H2,1H3. The second-order valence-corrected chi connectivity index (χ2v) is 5.15. The second kappa shape index (κ2) is 7.10. The second-order valence-electron chi connectivity index (χ2n) is 4.29. The van der Waals surface area contributed by atoms with Crippen LogP contribution in [-0.2, 0) is 22.6 Å². The molecule has 0 unspecified atom stereocenters. The van der Waals surface area contributed by atoms with E-state index in [4.69, 9.17) is 9.47 Å². The molecule has 0 radical (unpaired) electrons. The van der Waals surface area contributed by atoms with Crippen molar-refractivity contribution in [1.82, 2.24) is 0 Å². The minimum atomic E-state index is -0.233. The summed E-state index contributed by atoms with van der Waals surface area (Å²) >= 11 is 3.40. The van der Waals surface area contributed by atoms with E-state index in [2.05, 4.69) is 15.9 Å². The van der Waals surface area contributed by atoms with E-state index in [0.29, 0.717) is 0 Å². The van der Waals surface area contributed by atoms with Crippen LogP contribution in [0.4, 0.5) is 0 Å². The fourth-order valence-corrected chi connectivity index (χ4v) is 2.37. The highest BCUT2D eigenvalue weighted by Gasteiger charge is 2.06. The Morgan fingerprint density at radius 3 is 2.50 bits per heavy atom. The average Bonchev–Trinajstić information content (AvgIpc) is 2.46. The molecule has 0 fully saturated rings. The molecule has 104 valence electrons. The maximum atomic E-state index is 11.7. The summed E-state index contributed by atoms with van der Waals surface area (Å²) in [5, 5.41) is 0. The van der Waals surface area contributed by atoms with Crippen molar-refractivity contribution in [2.24, 2.45) is 0 Å². The van der Waals surface area contributed by atoms with E-state index in [-0.39, 0.29) is 19.0 Å².